The van der Waals surface area contributed by atoms with E-state index >= 15 is 0 Å². The van der Waals surface area contributed by atoms with Crippen molar-refractivity contribution in [3.05, 3.63) is 33.2 Å². The quantitative estimate of drug-likeness (QED) is 0.730. The van der Waals surface area contributed by atoms with Gasteiger partial charge in [0.2, 0.25) is 0 Å². The minimum absolute atomic E-state index is 0.0654. The summed E-state index contributed by atoms with van der Waals surface area (Å²) in [6, 6.07) is 1.36. The third kappa shape index (κ3) is 1.99. The summed E-state index contributed by atoms with van der Waals surface area (Å²) < 4.78 is 37.6. The average Bonchev–Trinajstić information content (AvgIpc) is 2.15. The molecule has 2 rings (SSSR count). The number of halogens is 3. The molecule has 1 N–H and O–H groups in total. The van der Waals surface area contributed by atoms with Crippen LogP contribution in [0.5, 0.6) is 0 Å². The number of rotatable bonds is 0. The zero-order chi connectivity index (χ0) is 11.9. The zero-order valence-electron chi connectivity index (χ0n) is 8.82. The molecule has 0 fully saturated rings. The maximum atomic E-state index is 12.5. The van der Waals surface area contributed by atoms with Gasteiger partial charge in [-0.25, -0.2) is 0 Å². The normalized spacial score (nSPS) is 20.6. The molecule has 0 saturated carbocycles. The summed E-state index contributed by atoms with van der Waals surface area (Å²) in [7, 11) is 0. The lowest BCUT2D eigenvalue weighted by atomic mass is 9.86. The Kier molecular flexibility index (Phi) is 2.56. The highest BCUT2D eigenvalue weighted by molar-refractivity contribution is 5.26. The third-order valence-electron chi connectivity index (χ3n) is 3.01. The van der Waals surface area contributed by atoms with Gasteiger partial charge in [-0.2, -0.15) is 13.2 Å². The van der Waals surface area contributed by atoms with Gasteiger partial charge in [-0.1, -0.05) is 0 Å². The van der Waals surface area contributed by atoms with Gasteiger partial charge < -0.3 is 4.98 Å². The number of H-pyrrole nitrogens is 1. The van der Waals surface area contributed by atoms with Gasteiger partial charge >= 0.3 is 6.18 Å². The molecule has 2 nitrogen and oxygen atoms in total. The van der Waals surface area contributed by atoms with E-state index in [9.17, 15) is 18.0 Å². The molecule has 1 aliphatic carbocycles. The van der Waals surface area contributed by atoms with Crippen molar-refractivity contribution in [3.63, 3.8) is 0 Å². The van der Waals surface area contributed by atoms with Crippen molar-refractivity contribution in [2.24, 2.45) is 5.92 Å². The van der Waals surface area contributed by atoms with E-state index in [1.54, 1.807) is 6.92 Å². The number of hydrogen-bond acceptors (Lipinski definition) is 1. The van der Waals surface area contributed by atoms with Gasteiger partial charge in [0.05, 0.1) is 5.92 Å². The van der Waals surface area contributed by atoms with Crippen LogP contribution in [0.3, 0.4) is 0 Å². The van der Waals surface area contributed by atoms with Gasteiger partial charge in [0, 0.05) is 23.0 Å². The largest absolute Gasteiger partial charge is 0.392 e. The first-order valence-electron chi connectivity index (χ1n) is 5.16. The summed E-state index contributed by atoms with van der Waals surface area (Å²) in [5.74, 6) is -1.37. The van der Waals surface area contributed by atoms with E-state index in [0.717, 1.165) is 0 Å². The van der Waals surface area contributed by atoms with E-state index in [1.807, 2.05) is 0 Å². The predicted octanol–water partition coefficient (Wildman–Crippen LogP) is 2.35. The number of fused-ring (bicyclic) bond motifs is 1. The van der Waals surface area contributed by atoms with Crippen molar-refractivity contribution in [1.82, 2.24) is 4.98 Å². The number of alkyl halides is 3. The fraction of sp³-hybridized carbons (Fsp3) is 0.545. The molecular formula is C11H12F3NO. The molecule has 1 aromatic rings. The van der Waals surface area contributed by atoms with Crippen molar-refractivity contribution in [3.8, 4) is 0 Å². The number of hydrogen-bond donors (Lipinski definition) is 1. The maximum Gasteiger partial charge on any atom is 0.392 e. The summed E-state index contributed by atoms with van der Waals surface area (Å²) in [5, 5.41) is 0. The Hall–Kier alpha value is -1.26. The second-order valence-corrected chi connectivity index (χ2v) is 4.26. The Morgan fingerprint density at radius 3 is 2.75 bits per heavy atom. The van der Waals surface area contributed by atoms with Crippen LogP contribution < -0.4 is 5.43 Å². The van der Waals surface area contributed by atoms with Gasteiger partial charge in [0.25, 0.3) is 0 Å². The topological polar surface area (TPSA) is 32.9 Å². The molecule has 0 aliphatic heterocycles. The van der Waals surface area contributed by atoms with E-state index in [-0.39, 0.29) is 18.3 Å². The van der Waals surface area contributed by atoms with Crippen LogP contribution in [-0.4, -0.2) is 11.2 Å². The van der Waals surface area contributed by atoms with Crippen LogP contribution in [0.25, 0.3) is 0 Å². The number of nitrogens with one attached hydrogen (secondary N) is 1. The highest BCUT2D eigenvalue weighted by Crippen LogP contribution is 2.35. The van der Waals surface area contributed by atoms with E-state index in [2.05, 4.69) is 4.98 Å². The minimum Gasteiger partial charge on any atom is -0.362 e. The molecule has 0 radical (unpaired) electrons. The Morgan fingerprint density at radius 1 is 1.44 bits per heavy atom. The molecule has 0 aromatic carbocycles. The lowest BCUT2D eigenvalue weighted by Gasteiger charge is -2.25. The molecule has 16 heavy (non-hydrogen) atoms. The monoisotopic (exact) mass is 231 g/mol. The molecule has 0 spiro atoms. The SMILES string of the molecule is Cc1cc(=O)c2c([nH]1)CCC(C(F)(F)F)C2. The van der Waals surface area contributed by atoms with Crippen LogP contribution in [0.2, 0.25) is 0 Å². The number of aromatic nitrogens is 1. The smallest absolute Gasteiger partial charge is 0.362 e. The molecule has 1 heterocycles. The van der Waals surface area contributed by atoms with Crippen LogP contribution in [0, 0.1) is 12.8 Å². The molecule has 1 aromatic heterocycles. The molecule has 88 valence electrons. The molecule has 0 saturated heterocycles. The fourth-order valence-electron chi connectivity index (χ4n) is 2.17. The van der Waals surface area contributed by atoms with Gasteiger partial charge in [-0.15, -0.1) is 0 Å². The van der Waals surface area contributed by atoms with Crippen LogP contribution in [-0.2, 0) is 12.8 Å². The molecule has 1 atom stereocenters. The zero-order valence-corrected chi connectivity index (χ0v) is 8.82. The predicted molar refractivity (Wildman–Crippen MR) is 53.4 cm³/mol. The molecule has 0 bridgehead atoms. The first-order chi connectivity index (χ1) is 7.38. The van der Waals surface area contributed by atoms with Crippen LogP contribution in [0.4, 0.5) is 13.2 Å². The van der Waals surface area contributed by atoms with E-state index in [4.69, 9.17) is 0 Å². The van der Waals surface area contributed by atoms with Crippen LogP contribution in [0.15, 0.2) is 10.9 Å². The molecule has 5 heteroatoms. The van der Waals surface area contributed by atoms with Gasteiger partial charge in [0.1, 0.15) is 0 Å². The van der Waals surface area contributed by atoms with Crippen molar-refractivity contribution in [2.45, 2.75) is 32.4 Å². The fourth-order valence-corrected chi connectivity index (χ4v) is 2.17. The Balaban J connectivity index is 2.38. The second kappa shape index (κ2) is 3.64. The van der Waals surface area contributed by atoms with Gasteiger partial charge in [-0.05, 0) is 26.2 Å². The van der Waals surface area contributed by atoms with E-state index in [0.29, 0.717) is 23.4 Å². The van der Waals surface area contributed by atoms with Crippen molar-refractivity contribution in [1.29, 1.82) is 0 Å². The minimum atomic E-state index is -4.20. The molecule has 0 amide bonds. The Bertz CT molecular complexity index is 461. The summed E-state index contributed by atoms with van der Waals surface area (Å²) in [5.41, 5.74) is 1.40. The molecule has 1 aliphatic rings. The maximum absolute atomic E-state index is 12.5. The summed E-state index contributed by atoms with van der Waals surface area (Å²) in [6.07, 6.45) is -4.02. The summed E-state index contributed by atoms with van der Waals surface area (Å²) >= 11 is 0. The van der Waals surface area contributed by atoms with Crippen molar-refractivity contribution >= 4 is 0 Å². The van der Waals surface area contributed by atoms with Crippen molar-refractivity contribution < 1.29 is 13.2 Å². The van der Waals surface area contributed by atoms with Crippen molar-refractivity contribution in [2.75, 3.05) is 0 Å². The Labute approximate surface area is 90.5 Å². The van der Waals surface area contributed by atoms with Crippen LogP contribution in [0.1, 0.15) is 23.4 Å². The van der Waals surface area contributed by atoms with Gasteiger partial charge in [-0.3, -0.25) is 4.79 Å². The number of aromatic amines is 1. The van der Waals surface area contributed by atoms with Gasteiger partial charge in [0.15, 0.2) is 5.43 Å². The van der Waals surface area contributed by atoms with Crippen LogP contribution >= 0.6 is 0 Å². The average molecular weight is 231 g/mol. The summed E-state index contributed by atoms with van der Waals surface area (Å²) in [4.78, 5) is 14.5. The first-order valence-corrected chi connectivity index (χ1v) is 5.16. The second-order valence-electron chi connectivity index (χ2n) is 4.26. The third-order valence-corrected chi connectivity index (χ3v) is 3.01. The standard InChI is InChI=1S/C11H12F3NO/c1-6-4-10(16)8-5-7(11(12,13)14)2-3-9(8)15-6/h4,7H,2-3,5H2,1H3,(H,15,16). The molecule has 1 unspecified atom stereocenters. The molecular weight excluding hydrogens is 219 g/mol. The van der Waals surface area contributed by atoms with E-state index < -0.39 is 12.1 Å². The number of pyridine rings is 1. The lowest BCUT2D eigenvalue weighted by Crippen LogP contribution is -2.32. The van der Waals surface area contributed by atoms with E-state index in [1.165, 1.54) is 6.07 Å². The first kappa shape index (κ1) is 11.2. The number of aryl methyl sites for hydroxylation is 2. The highest BCUT2D eigenvalue weighted by Gasteiger charge is 2.41. The Morgan fingerprint density at radius 2 is 2.12 bits per heavy atom. The highest BCUT2D eigenvalue weighted by atomic mass is 19.4. The lowest BCUT2D eigenvalue weighted by molar-refractivity contribution is -0.177. The summed E-state index contributed by atoms with van der Waals surface area (Å²) in [6.45, 7) is 1.73.